The maximum atomic E-state index is 14.5. The first-order chi connectivity index (χ1) is 12.4. The third kappa shape index (κ3) is 5.18. The average Bonchev–Trinajstić information content (AvgIpc) is 2.99. The molecule has 0 saturated carbocycles. The number of benzene rings is 1. The highest BCUT2D eigenvalue weighted by Crippen LogP contribution is 2.21. The van der Waals surface area contributed by atoms with Crippen molar-refractivity contribution in [1.29, 1.82) is 0 Å². The smallest absolute Gasteiger partial charge is 0.269 e. The molecule has 0 spiro atoms. The predicted molar refractivity (Wildman–Crippen MR) is 99.7 cm³/mol. The van der Waals surface area contributed by atoms with Gasteiger partial charge in [0.05, 0.1) is 12.3 Å². The number of aromatic nitrogens is 2. The number of nitrogens with one attached hydrogen (secondary N) is 1. The quantitative estimate of drug-likeness (QED) is 0.576. The van der Waals surface area contributed by atoms with Crippen LogP contribution in [0, 0.1) is 5.82 Å². The normalized spacial score (nSPS) is 10.5. The average molecular weight is 359 g/mol. The lowest BCUT2D eigenvalue weighted by atomic mass is 10.2. The van der Waals surface area contributed by atoms with Crippen LogP contribution in [0.25, 0.3) is 0 Å². The Morgan fingerprint density at radius 2 is 2.15 bits per heavy atom. The van der Waals surface area contributed by atoms with E-state index in [-0.39, 0.29) is 18.2 Å². The van der Waals surface area contributed by atoms with E-state index in [4.69, 9.17) is 4.74 Å². The molecule has 1 amide bonds. The molecule has 0 aliphatic rings. The molecule has 0 bridgehead atoms. The molecule has 5 nitrogen and oxygen atoms in total. The monoisotopic (exact) mass is 359 g/mol. The van der Waals surface area contributed by atoms with Crippen molar-refractivity contribution >= 4 is 5.91 Å². The van der Waals surface area contributed by atoms with Gasteiger partial charge in [-0.2, -0.15) is 5.10 Å². The summed E-state index contributed by atoms with van der Waals surface area (Å²) in [6.45, 7) is 6.49. The van der Waals surface area contributed by atoms with Crippen molar-refractivity contribution in [3.8, 4) is 5.75 Å². The molecule has 0 unspecified atom stereocenters. The molecule has 0 atom stereocenters. The van der Waals surface area contributed by atoms with Crippen molar-refractivity contribution < 1.29 is 13.9 Å². The Balaban J connectivity index is 1.98. The van der Waals surface area contributed by atoms with E-state index in [0.717, 1.165) is 18.5 Å². The summed E-state index contributed by atoms with van der Waals surface area (Å²) in [5.74, 6) is -0.522. The lowest BCUT2D eigenvalue weighted by molar-refractivity contribution is 0.0941. The molecule has 1 N–H and O–H groups in total. The molecule has 0 aliphatic heterocycles. The molecule has 140 valence electrons. The van der Waals surface area contributed by atoms with Gasteiger partial charge in [0, 0.05) is 19.2 Å². The summed E-state index contributed by atoms with van der Waals surface area (Å²) in [4.78, 5) is 12.3. The Labute approximate surface area is 153 Å². The summed E-state index contributed by atoms with van der Waals surface area (Å²) in [5, 5.41) is 6.99. The zero-order valence-corrected chi connectivity index (χ0v) is 15.8. The van der Waals surface area contributed by atoms with E-state index in [0.29, 0.717) is 17.9 Å². The second-order valence-corrected chi connectivity index (χ2v) is 6.33. The molecule has 0 radical (unpaired) electrons. The number of amides is 1. The fourth-order valence-electron chi connectivity index (χ4n) is 2.50. The molecule has 2 rings (SSSR count). The first-order valence-corrected chi connectivity index (χ1v) is 8.77. The summed E-state index contributed by atoms with van der Waals surface area (Å²) in [7, 11) is 1.72. The summed E-state index contributed by atoms with van der Waals surface area (Å²) in [5.41, 5.74) is 2.88. The van der Waals surface area contributed by atoms with Crippen LogP contribution in [-0.2, 0) is 20.0 Å². The van der Waals surface area contributed by atoms with Crippen LogP contribution in [-0.4, -0.2) is 22.3 Å². The van der Waals surface area contributed by atoms with Crippen molar-refractivity contribution in [3.05, 3.63) is 58.7 Å². The molecule has 0 saturated heterocycles. The first kappa shape index (κ1) is 19.7. The van der Waals surface area contributed by atoms with E-state index in [1.54, 1.807) is 31.3 Å². The maximum absolute atomic E-state index is 14.5. The number of rotatable bonds is 8. The predicted octanol–water partition coefficient (Wildman–Crippen LogP) is 3.79. The Morgan fingerprint density at radius 3 is 2.81 bits per heavy atom. The van der Waals surface area contributed by atoms with Crippen molar-refractivity contribution in [2.45, 2.75) is 40.2 Å². The zero-order valence-electron chi connectivity index (χ0n) is 15.8. The maximum Gasteiger partial charge on any atom is 0.269 e. The molecule has 6 heteroatoms. The summed E-state index contributed by atoms with van der Waals surface area (Å²) >= 11 is 0. The van der Waals surface area contributed by atoms with E-state index in [1.165, 1.54) is 10.3 Å². The van der Waals surface area contributed by atoms with Crippen molar-refractivity contribution in [2.75, 3.05) is 6.61 Å². The number of hydrogen-bond donors (Lipinski definition) is 1. The number of carbonyl (C=O) groups is 1. The molecule has 0 fully saturated rings. The molecule has 0 aliphatic carbocycles. The van der Waals surface area contributed by atoms with E-state index in [9.17, 15) is 9.18 Å². The van der Waals surface area contributed by atoms with E-state index >= 15 is 0 Å². The van der Waals surface area contributed by atoms with Crippen LogP contribution in [0.5, 0.6) is 5.75 Å². The number of nitrogens with zero attached hydrogens (tertiary/aromatic N) is 2. The van der Waals surface area contributed by atoms with Crippen LogP contribution < -0.4 is 10.1 Å². The fraction of sp³-hybridized carbons (Fsp3) is 0.400. The number of hydrogen-bond acceptors (Lipinski definition) is 3. The second-order valence-electron chi connectivity index (χ2n) is 6.33. The number of allylic oxidation sites excluding steroid dienone is 1. The van der Waals surface area contributed by atoms with Gasteiger partial charge in [0.2, 0.25) is 0 Å². The van der Waals surface area contributed by atoms with Crippen LogP contribution in [0.4, 0.5) is 4.39 Å². The van der Waals surface area contributed by atoms with E-state index in [2.05, 4.69) is 10.4 Å². The van der Waals surface area contributed by atoms with Gasteiger partial charge >= 0.3 is 0 Å². The zero-order chi connectivity index (χ0) is 19.1. The van der Waals surface area contributed by atoms with Crippen molar-refractivity contribution in [2.24, 2.45) is 7.05 Å². The molecule has 2 aromatic rings. The van der Waals surface area contributed by atoms with Gasteiger partial charge < -0.3 is 10.1 Å². The van der Waals surface area contributed by atoms with Gasteiger partial charge in [0.15, 0.2) is 11.6 Å². The number of aryl methyl sites for hydroxylation is 2. The second kappa shape index (κ2) is 9.17. The molecular weight excluding hydrogens is 333 g/mol. The Kier molecular flexibility index (Phi) is 6.95. The van der Waals surface area contributed by atoms with E-state index in [1.807, 2.05) is 26.8 Å². The first-order valence-electron chi connectivity index (χ1n) is 8.77. The van der Waals surface area contributed by atoms with Gasteiger partial charge in [0.1, 0.15) is 5.69 Å². The summed E-state index contributed by atoms with van der Waals surface area (Å²) < 4.78 is 21.6. The number of halogens is 1. The number of carbonyl (C=O) groups excluding carboxylic acids is 1. The lowest BCUT2D eigenvalue weighted by Crippen LogP contribution is -2.25. The molecule has 1 aromatic carbocycles. The Bertz CT molecular complexity index is 792. The highest BCUT2D eigenvalue weighted by Gasteiger charge is 2.14. The molecular formula is C20H26FN3O2. The fourth-order valence-corrected chi connectivity index (χ4v) is 2.50. The minimum Gasteiger partial charge on any atom is -0.490 e. The SMILES string of the molecule is CCc1cc(C(=O)NCc2cccc(OCCC=C(C)C)c2F)n(C)n1. The largest absolute Gasteiger partial charge is 0.490 e. The van der Waals surface area contributed by atoms with Crippen molar-refractivity contribution in [3.63, 3.8) is 0 Å². The minimum absolute atomic E-state index is 0.0858. The standard InChI is InChI=1S/C20H26FN3O2/c1-5-16-12-17(24(4)23-16)20(25)22-13-15-9-6-10-18(19(15)21)26-11-7-8-14(2)3/h6,8-10,12H,5,7,11,13H2,1-4H3,(H,22,25). The van der Waals surface area contributed by atoms with Crippen LogP contribution >= 0.6 is 0 Å². The Hall–Kier alpha value is -2.63. The summed E-state index contributed by atoms with van der Waals surface area (Å²) in [6.07, 6.45) is 3.52. The lowest BCUT2D eigenvalue weighted by Gasteiger charge is -2.11. The van der Waals surface area contributed by atoms with Crippen LogP contribution in [0.2, 0.25) is 0 Å². The molecule has 1 heterocycles. The molecule has 1 aromatic heterocycles. The summed E-state index contributed by atoms with van der Waals surface area (Å²) in [6, 6.07) is 6.70. The number of ether oxygens (including phenoxy) is 1. The van der Waals surface area contributed by atoms with Gasteiger partial charge in [-0.15, -0.1) is 0 Å². The minimum atomic E-state index is -0.441. The third-order valence-corrected chi connectivity index (χ3v) is 3.94. The van der Waals surface area contributed by atoms with Gasteiger partial charge in [-0.05, 0) is 38.8 Å². The highest BCUT2D eigenvalue weighted by atomic mass is 19.1. The van der Waals surface area contributed by atoms with Gasteiger partial charge in [-0.1, -0.05) is 30.7 Å². The van der Waals surface area contributed by atoms with Crippen LogP contribution in [0.15, 0.2) is 35.9 Å². The van der Waals surface area contributed by atoms with Crippen molar-refractivity contribution in [1.82, 2.24) is 15.1 Å². The Morgan fingerprint density at radius 1 is 1.38 bits per heavy atom. The van der Waals surface area contributed by atoms with Crippen LogP contribution in [0.3, 0.4) is 0 Å². The van der Waals surface area contributed by atoms with Crippen LogP contribution in [0.1, 0.15) is 48.9 Å². The van der Waals surface area contributed by atoms with Gasteiger partial charge in [0.25, 0.3) is 5.91 Å². The van der Waals surface area contributed by atoms with Gasteiger partial charge in [-0.25, -0.2) is 4.39 Å². The highest BCUT2D eigenvalue weighted by molar-refractivity contribution is 5.92. The third-order valence-electron chi connectivity index (χ3n) is 3.94. The molecule has 26 heavy (non-hydrogen) atoms. The van der Waals surface area contributed by atoms with E-state index < -0.39 is 5.82 Å². The van der Waals surface area contributed by atoms with Gasteiger partial charge in [-0.3, -0.25) is 9.48 Å². The topological polar surface area (TPSA) is 56.1 Å².